The lowest BCUT2D eigenvalue weighted by atomic mass is 9.95. The van der Waals surface area contributed by atoms with Gasteiger partial charge >= 0.3 is 0 Å². The molecule has 1 aliphatic heterocycles. The molecule has 3 aromatic rings. The average Bonchev–Trinajstić information content (AvgIpc) is 3.15. The van der Waals surface area contributed by atoms with Crippen LogP contribution in [0.4, 0.5) is 0 Å². The van der Waals surface area contributed by atoms with Crippen LogP contribution in [0.15, 0.2) is 72.6 Å². The number of halogens is 1. The van der Waals surface area contributed by atoms with Crippen LogP contribution in [-0.2, 0) is 16.1 Å². The molecule has 0 saturated carbocycles. The molecule has 0 aliphatic carbocycles. The summed E-state index contributed by atoms with van der Waals surface area (Å²) >= 11 is 6.02. The van der Waals surface area contributed by atoms with E-state index in [0.717, 1.165) is 18.4 Å². The third-order valence-corrected chi connectivity index (χ3v) is 6.35. The number of hydrogen-bond acceptors (Lipinski definition) is 6. The number of aliphatic hydroxyl groups is 1. The number of rotatable bonds is 10. The number of likely N-dealkylation sites (tertiary alicyclic amines) is 1. The molecule has 1 aliphatic rings. The Labute approximate surface area is 221 Å². The smallest absolute Gasteiger partial charge is 0.295 e. The van der Waals surface area contributed by atoms with Crippen LogP contribution in [0.5, 0.6) is 11.5 Å². The number of benzene rings is 2. The van der Waals surface area contributed by atoms with Gasteiger partial charge in [0.15, 0.2) is 11.5 Å². The number of nitrogens with zero attached hydrogens (tertiary/aromatic N) is 2. The molecular formula is C29H29ClN2O5. The molecule has 1 fully saturated rings. The molecule has 0 bridgehead atoms. The number of Topliss-reactive ketones (excluding diaryl/α,β-unsaturated/α-hetero) is 1. The highest BCUT2D eigenvalue weighted by Gasteiger charge is 2.46. The van der Waals surface area contributed by atoms with E-state index in [1.807, 2.05) is 6.92 Å². The predicted octanol–water partition coefficient (Wildman–Crippen LogP) is 5.93. The Hall–Kier alpha value is -3.84. The summed E-state index contributed by atoms with van der Waals surface area (Å²) < 4.78 is 11.8. The minimum absolute atomic E-state index is 0.00322. The lowest BCUT2D eigenvalue weighted by molar-refractivity contribution is -0.140. The molecule has 0 spiro atoms. The first-order chi connectivity index (χ1) is 17.9. The number of aromatic nitrogens is 1. The molecule has 1 N–H and O–H groups in total. The number of pyridine rings is 1. The Bertz CT molecular complexity index is 1290. The van der Waals surface area contributed by atoms with Crippen LogP contribution in [0.1, 0.15) is 49.4 Å². The Balaban J connectivity index is 1.83. The number of ether oxygens (including phenoxy) is 2. The van der Waals surface area contributed by atoms with Crippen LogP contribution in [0, 0.1) is 0 Å². The second kappa shape index (κ2) is 11.9. The fourth-order valence-corrected chi connectivity index (χ4v) is 4.37. The first-order valence-electron chi connectivity index (χ1n) is 12.3. The minimum Gasteiger partial charge on any atom is -0.507 e. The average molecular weight is 521 g/mol. The van der Waals surface area contributed by atoms with Crippen LogP contribution >= 0.6 is 11.6 Å². The van der Waals surface area contributed by atoms with Gasteiger partial charge in [-0.2, -0.15) is 0 Å². The zero-order chi connectivity index (χ0) is 26.4. The molecular weight excluding hydrogens is 492 g/mol. The lowest BCUT2D eigenvalue weighted by Crippen LogP contribution is -2.29. The Morgan fingerprint density at radius 3 is 2.41 bits per heavy atom. The molecule has 192 valence electrons. The second-order valence-corrected chi connectivity index (χ2v) is 9.07. The molecule has 1 unspecified atom stereocenters. The quantitative estimate of drug-likeness (QED) is 0.154. The monoisotopic (exact) mass is 520 g/mol. The van der Waals surface area contributed by atoms with Gasteiger partial charge in [0.05, 0.1) is 24.8 Å². The molecule has 0 radical (unpaired) electrons. The number of unbranched alkanes of at least 4 members (excludes halogenated alkanes) is 1. The van der Waals surface area contributed by atoms with E-state index in [0.29, 0.717) is 40.9 Å². The number of carbonyl (C=O) groups is 2. The summed E-state index contributed by atoms with van der Waals surface area (Å²) in [7, 11) is 0. The van der Waals surface area contributed by atoms with Crippen molar-refractivity contribution in [3.63, 3.8) is 0 Å². The summed E-state index contributed by atoms with van der Waals surface area (Å²) in [5.41, 5.74) is 1.82. The van der Waals surface area contributed by atoms with Gasteiger partial charge in [0.1, 0.15) is 5.76 Å². The molecule has 1 aromatic heterocycles. The van der Waals surface area contributed by atoms with Crippen molar-refractivity contribution in [3.8, 4) is 11.5 Å². The molecule has 2 heterocycles. The first kappa shape index (κ1) is 26.2. The lowest BCUT2D eigenvalue weighted by Gasteiger charge is -2.26. The number of ketones is 1. The van der Waals surface area contributed by atoms with Gasteiger partial charge in [0.25, 0.3) is 11.7 Å². The van der Waals surface area contributed by atoms with Crippen LogP contribution in [0.25, 0.3) is 5.76 Å². The second-order valence-electron chi connectivity index (χ2n) is 8.63. The molecule has 2 aromatic carbocycles. The summed E-state index contributed by atoms with van der Waals surface area (Å²) in [6, 6.07) is 14.5. The minimum atomic E-state index is -0.840. The molecule has 8 heteroatoms. The van der Waals surface area contributed by atoms with Crippen LogP contribution in [0.3, 0.4) is 0 Å². The van der Waals surface area contributed by atoms with E-state index >= 15 is 0 Å². The number of hydrogen-bond donors (Lipinski definition) is 1. The highest BCUT2D eigenvalue weighted by atomic mass is 35.5. The van der Waals surface area contributed by atoms with E-state index < -0.39 is 17.7 Å². The van der Waals surface area contributed by atoms with Crippen molar-refractivity contribution in [2.75, 3.05) is 13.2 Å². The predicted molar refractivity (Wildman–Crippen MR) is 142 cm³/mol. The molecule has 4 rings (SSSR count). The SMILES string of the molecule is CCCCOc1ccc(C2/C(=C(\O)c3ccc(Cl)cc3)C(=O)C(=O)N2Cc2ccncc2)cc1OCC. The van der Waals surface area contributed by atoms with Crippen LogP contribution < -0.4 is 9.47 Å². The number of aliphatic hydroxyl groups excluding tert-OH is 1. The third-order valence-electron chi connectivity index (χ3n) is 6.10. The molecule has 37 heavy (non-hydrogen) atoms. The van der Waals surface area contributed by atoms with Gasteiger partial charge in [-0.15, -0.1) is 0 Å². The zero-order valence-corrected chi connectivity index (χ0v) is 21.6. The fraction of sp³-hybridized carbons (Fsp3) is 0.276. The molecule has 7 nitrogen and oxygen atoms in total. The van der Waals surface area contributed by atoms with Crippen LogP contribution in [0.2, 0.25) is 5.02 Å². The fourth-order valence-electron chi connectivity index (χ4n) is 4.25. The summed E-state index contributed by atoms with van der Waals surface area (Å²) in [5.74, 6) is -0.621. The molecule has 1 atom stereocenters. The van der Waals surface area contributed by atoms with E-state index in [-0.39, 0.29) is 17.9 Å². The highest BCUT2D eigenvalue weighted by molar-refractivity contribution is 6.46. The van der Waals surface area contributed by atoms with E-state index in [1.165, 1.54) is 4.90 Å². The number of carbonyl (C=O) groups excluding carboxylic acids is 2. The summed E-state index contributed by atoms with van der Waals surface area (Å²) in [5, 5.41) is 11.7. The van der Waals surface area contributed by atoms with E-state index in [2.05, 4.69) is 11.9 Å². The molecule has 1 saturated heterocycles. The van der Waals surface area contributed by atoms with Crippen molar-refractivity contribution in [3.05, 3.63) is 94.3 Å². The van der Waals surface area contributed by atoms with Crippen molar-refractivity contribution >= 4 is 29.1 Å². The summed E-state index contributed by atoms with van der Waals surface area (Å²) in [6.07, 6.45) is 5.16. The third kappa shape index (κ3) is 5.78. The van der Waals surface area contributed by atoms with E-state index in [4.69, 9.17) is 21.1 Å². The van der Waals surface area contributed by atoms with Crippen LogP contribution in [-0.4, -0.2) is 39.9 Å². The largest absolute Gasteiger partial charge is 0.507 e. The Morgan fingerprint density at radius 2 is 1.73 bits per heavy atom. The first-order valence-corrected chi connectivity index (χ1v) is 12.6. The van der Waals surface area contributed by atoms with Crippen molar-refractivity contribution in [2.45, 2.75) is 39.3 Å². The standard InChI is InChI=1S/C29H29ClN2O5/c1-3-5-16-37-23-11-8-21(17-24(23)36-4-2)26-25(27(33)20-6-9-22(30)10-7-20)28(34)29(35)32(26)18-19-12-14-31-15-13-19/h6-15,17,26,33H,3-5,16,18H2,1-2H3/b27-25+. The Morgan fingerprint density at radius 1 is 1.00 bits per heavy atom. The van der Waals surface area contributed by atoms with E-state index in [9.17, 15) is 14.7 Å². The normalized spacial score (nSPS) is 16.7. The van der Waals surface area contributed by atoms with Crippen molar-refractivity contribution in [1.82, 2.24) is 9.88 Å². The highest BCUT2D eigenvalue weighted by Crippen LogP contribution is 2.42. The van der Waals surface area contributed by atoms with E-state index in [1.54, 1.807) is 67.0 Å². The summed E-state index contributed by atoms with van der Waals surface area (Å²) in [4.78, 5) is 32.1. The zero-order valence-electron chi connectivity index (χ0n) is 20.8. The van der Waals surface area contributed by atoms with Crippen molar-refractivity contribution in [1.29, 1.82) is 0 Å². The topological polar surface area (TPSA) is 89.0 Å². The molecule has 1 amide bonds. The van der Waals surface area contributed by atoms with Gasteiger partial charge < -0.3 is 19.5 Å². The maximum absolute atomic E-state index is 13.3. The van der Waals surface area contributed by atoms with Gasteiger partial charge in [-0.3, -0.25) is 14.6 Å². The van der Waals surface area contributed by atoms with Gasteiger partial charge in [-0.1, -0.05) is 31.0 Å². The van der Waals surface area contributed by atoms with Gasteiger partial charge in [0.2, 0.25) is 0 Å². The van der Waals surface area contributed by atoms with Gasteiger partial charge in [0, 0.05) is 29.5 Å². The van der Waals surface area contributed by atoms with Gasteiger partial charge in [-0.25, -0.2) is 0 Å². The maximum Gasteiger partial charge on any atom is 0.295 e. The maximum atomic E-state index is 13.3. The van der Waals surface area contributed by atoms with Gasteiger partial charge in [-0.05, 0) is 73.0 Å². The number of amides is 1. The van der Waals surface area contributed by atoms with Crippen molar-refractivity contribution < 1.29 is 24.2 Å². The Kier molecular flexibility index (Phi) is 8.46. The van der Waals surface area contributed by atoms with Crippen molar-refractivity contribution in [2.24, 2.45) is 0 Å². The summed E-state index contributed by atoms with van der Waals surface area (Å²) in [6.45, 7) is 5.08.